The predicted octanol–water partition coefficient (Wildman–Crippen LogP) is 1.28. The molecule has 3 N–H and O–H groups in total. The second kappa shape index (κ2) is 7.40. The Kier molecular flexibility index (Phi) is 5.29. The third kappa shape index (κ3) is 4.57. The Bertz CT molecular complexity index is 587. The molecule has 0 aliphatic carbocycles. The van der Waals surface area contributed by atoms with Crippen LogP contribution in [0.4, 0.5) is 0 Å². The number of hydrogen-bond donors (Lipinski definition) is 2. The molecule has 2 aromatic rings. The molecule has 1 unspecified atom stereocenters. The molecule has 0 aliphatic heterocycles. The summed E-state index contributed by atoms with van der Waals surface area (Å²) in [4.78, 5) is 16.0. The second-order valence-corrected chi connectivity index (χ2v) is 4.72. The van der Waals surface area contributed by atoms with Crippen LogP contribution in [-0.2, 0) is 17.8 Å². The minimum atomic E-state index is -0.559. The molecule has 1 aromatic carbocycles. The van der Waals surface area contributed by atoms with Gasteiger partial charge in [-0.3, -0.25) is 4.79 Å². The number of hydrogen-bond acceptors (Lipinski definition) is 4. The molecule has 0 aliphatic rings. The van der Waals surface area contributed by atoms with E-state index in [2.05, 4.69) is 10.3 Å². The monoisotopic (exact) mass is 285 g/mol. The summed E-state index contributed by atoms with van der Waals surface area (Å²) in [5.41, 5.74) is 7.89. The number of rotatable bonds is 6. The summed E-state index contributed by atoms with van der Waals surface area (Å²) in [5, 5.41) is 2.82. The van der Waals surface area contributed by atoms with Crippen LogP contribution in [0.25, 0.3) is 0 Å². The number of pyridine rings is 1. The topological polar surface area (TPSA) is 77.2 Å². The Balaban J connectivity index is 1.86. The minimum Gasteiger partial charge on any atom is -0.481 e. The summed E-state index contributed by atoms with van der Waals surface area (Å²) in [6, 6.07) is 12.8. The maximum Gasteiger partial charge on any atom is 0.237 e. The number of nitrogens with one attached hydrogen (secondary N) is 1. The molecule has 0 fully saturated rings. The average molecular weight is 285 g/mol. The van der Waals surface area contributed by atoms with Crippen LogP contribution in [0, 0.1) is 0 Å². The number of benzene rings is 1. The molecule has 2 rings (SSSR count). The lowest BCUT2D eigenvalue weighted by molar-refractivity contribution is -0.122. The van der Waals surface area contributed by atoms with Gasteiger partial charge >= 0.3 is 0 Å². The highest BCUT2D eigenvalue weighted by Crippen LogP contribution is 2.08. The van der Waals surface area contributed by atoms with E-state index in [1.807, 2.05) is 36.4 Å². The molecule has 5 heteroatoms. The van der Waals surface area contributed by atoms with Gasteiger partial charge in [-0.1, -0.05) is 30.3 Å². The van der Waals surface area contributed by atoms with Crippen LogP contribution in [0.3, 0.4) is 0 Å². The number of carbonyl (C=O) groups excluding carboxylic acids is 1. The number of aromatic nitrogens is 1. The van der Waals surface area contributed by atoms with E-state index in [0.717, 1.165) is 11.1 Å². The highest BCUT2D eigenvalue weighted by Gasteiger charge is 2.13. The number of nitrogens with zero attached hydrogens (tertiary/aromatic N) is 1. The molecule has 0 saturated carbocycles. The van der Waals surface area contributed by atoms with Gasteiger partial charge in [0.05, 0.1) is 13.2 Å². The van der Waals surface area contributed by atoms with Crippen molar-refractivity contribution in [2.75, 3.05) is 7.11 Å². The maximum atomic E-state index is 12.0. The van der Waals surface area contributed by atoms with Gasteiger partial charge in [0.1, 0.15) is 0 Å². The van der Waals surface area contributed by atoms with Crippen molar-refractivity contribution in [3.8, 4) is 5.88 Å². The van der Waals surface area contributed by atoms with Crippen molar-refractivity contribution in [3.05, 3.63) is 59.8 Å². The molecule has 0 bridgehead atoms. The van der Waals surface area contributed by atoms with E-state index in [0.29, 0.717) is 18.8 Å². The van der Waals surface area contributed by atoms with Crippen molar-refractivity contribution in [1.29, 1.82) is 0 Å². The molecule has 5 nitrogen and oxygen atoms in total. The van der Waals surface area contributed by atoms with Gasteiger partial charge in [-0.25, -0.2) is 4.98 Å². The molecular weight excluding hydrogens is 266 g/mol. The van der Waals surface area contributed by atoms with Crippen molar-refractivity contribution in [3.63, 3.8) is 0 Å². The Morgan fingerprint density at radius 1 is 1.29 bits per heavy atom. The zero-order chi connectivity index (χ0) is 15.1. The molecule has 110 valence electrons. The molecule has 1 heterocycles. The Morgan fingerprint density at radius 2 is 2.05 bits per heavy atom. The molecule has 0 saturated heterocycles. The fourth-order valence-corrected chi connectivity index (χ4v) is 1.95. The SMILES string of the molecule is COc1cc(CNC(=O)C(N)Cc2ccccc2)ccn1. The van der Waals surface area contributed by atoms with Gasteiger partial charge in [0.25, 0.3) is 0 Å². The van der Waals surface area contributed by atoms with E-state index in [1.54, 1.807) is 19.4 Å². The molecule has 1 aromatic heterocycles. The van der Waals surface area contributed by atoms with Gasteiger partial charge in [0.15, 0.2) is 0 Å². The molecule has 1 amide bonds. The Labute approximate surface area is 124 Å². The van der Waals surface area contributed by atoms with Gasteiger partial charge in [0, 0.05) is 18.8 Å². The summed E-state index contributed by atoms with van der Waals surface area (Å²) in [6.45, 7) is 0.403. The zero-order valence-corrected chi connectivity index (χ0v) is 12.0. The first kappa shape index (κ1) is 15.0. The Hall–Kier alpha value is -2.40. The first-order valence-corrected chi connectivity index (χ1v) is 6.75. The normalized spacial score (nSPS) is 11.7. The molecule has 1 atom stereocenters. The van der Waals surface area contributed by atoms with Crippen LogP contribution in [-0.4, -0.2) is 24.0 Å². The summed E-state index contributed by atoms with van der Waals surface area (Å²) in [6.07, 6.45) is 2.16. The summed E-state index contributed by atoms with van der Waals surface area (Å²) in [7, 11) is 1.56. The van der Waals surface area contributed by atoms with Gasteiger partial charge in [-0.05, 0) is 23.6 Å². The van der Waals surface area contributed by atoms with E-state index in [9.17, 15) is 4.79 Å². The van der Waals surface area contributed by atoms with Crippen LogP contribution >= 0.6 is 0 Å². The smallest absolute Gasteiger partial charge is 0.237 e. The van der Waals surface area contributed by atoms with E-state index in [-0.39, 0.29) is 5.91 Å². The molecule has 0 radical (unpaired) electrons. The lowest BCUT2D eigenvalue weighted by Crippen LogP contribution is -2.41. The maximum absolute atomic E-state index is 12.0. The number of amides is 1. The van der Waals surface area contributed by atoms with Crippen LogP contribution in [0.1, 0.15) is 11.1 Å². The first-order valence-electron chi connectivity index (χ1n) is 6.75. The summed E-state index contributed by atoms with van der Waals surface area (Å²) in [5.74, 6) is 0.352. The van der Waals surface area contributed by atoms with Crippen LogP contribution in [0.2, 0.25) is 0 Å². The third-order valence-electron chi connectivity index (χ3n) is 3.11. The van der Waals surface area contributed by atoms with Gasteiger partial charge in [0.2, 0.25) is 11.8 Å². The number of carbonyl (C=O) groups is 1. The predicted molar refractivity (Wildman–Crippen MR) is 80.8 cm³/mol. The second-order valence-electron chi connectivity index (χ2n) is 4.72. The van der Waals surface area contributed by atoms with Gasteiger partial charge in [-0.2, -0.15) is 0 Å². The molecule has 0 spiro atoms. The quantitative estimate of drug-likeness (QED) is 0.838. The average Bonchev–Trinajstić information content (AvgIpc) is 2.53. The number of methoxy groups -OCH3 is 1. The number of nitrogens with two attached hydrogens (primary N) is 1. The van der Waals surface area contributed by atoms with Crippen LogP contribution < -0.4 is 15.8 Å². The third-order valence-corrected chi connectivity index (χ3v) is 3.11. The van der Waals surface area contributed by atoms with Crippen molar-refractivity contribution in [1.82, 2.24) is 10.3 Å². The standard InChI is InChI=1S/C16H19N3O2/c1-21-15-10-13(7-8-18-15)11-19-16(20)14(17)9-12-5-3-2-4-6-12/h2-8,10,14H,9,11,17H2,1H3,(H,19,20). The summed E-state index contributed by atoms with van der Waals surface area (Å²) >= 11 is 0. The Morgan fingerprint density at radius 3 is 2.76 bits per heavy atom. The van der Waals surface area contributed by atoms with Gasteiger partial charge in [-0.15, -0.1) is 0 Å². The highest BCUT2D eigenvalue weighted by molar-refractivity contribution is 5.81. The van der Waals surface area contributed by atoms with E-state index < -0.39 is 6.04 Å². The minimum absolute atomic E-state index is 0.172. The van der Waals surface area contributed by atoms with Crippen LogP contribution in [0.5, 0.6) is 5.88 Å². The van der Waals surface area contributed by atoms with Crippen molar-refractivity contribution in [2.45, 2.75) is 19.0 Å². The molecule has 21 heavy (non-hydrogen) atoms. The lowest BCUT2D eigenvalue weighted by atomic mass is 10.1. The fraction of sp³-hybridized carbons (Fsp3) is 0.250. The largest absolute Gasteiger partial charge is 0.481 e. The van der Waals surface area contributed by atoms with Crippen LogP contribution in [0.15, 0.2) is 48.7 Å². The number of ether oxygens (including phenoxy) is 1. The van der Waals surface area contributed by atoms with Crippen molar-refractivity contribution < 1.29 is 9.53 Å². The highest BCUT2D eigenvalue weighted by atomic mass is 16.5. The fourth-order valence-electron chi connectivity index (χ4n) is 1.95. The van der Waals surface area contributed by atoms with E-state index in [1.165, 1.54) is 0 Å². The van der Waals surface area contributed by atoms with Gasteiger partial charge < -0.3 is 15.8 Å². The summed E-state index contributed by atoms with van der Waals surface area (Å²) < 4.78 is 5.04. The van der Waals surface area contributed by atoms with Crippen molar-refractivity contribution >= 4 is 5.91 Å². The zero-order valence-electron chi connectivity index (χ0n) is 12.0. The lowest BCUT2D eigenvalue weighted by Gasteiger charge is -2.12. The van der Waals surface area contributed by atoms with Crippen molar-refractivity contribution in [2.24, 2.45) is 5.73 Å². The van der Waals surface area contributed by atoms with E-state index >= 15 is 0 Å². The van der Waals surface area contributed by atoms with E-state index in [4.69, 9.17) is 10.5 Å². The first-order chi connectivity index (χ1) is 10.2. The molecular formula is C16H19N3O2.